The third-order valence-corrected chi connectivity index (χ3v) is 10.6. The van der Waals surface area contributed by atoms with Gasteiger partial charge in [-0.2, -0.15) is 15.1 Å². The summed E-state index contributed by atoms with van der Waals surface area (Å²) in [6, 6.07) is 8.27. The second-order valence-electron chi connectivity index (χ2n) is 12.8. The zero-order valence-corrected chi connectivity index (χ0v) is 27.4. The normalized spacial score (nSPS) is 22.0. The fourth-order valence-corrected chi connectivity index (χ4v) is 7.83. The molecule has 2 fully saturated rings. The van der Waals surface area contributed by atoms with E-state index in [9.17, 15) is 9.36 Å². The lowest BCUT2D eigenvalue weighted by molar-refractivity contribution is -0.145. The SMILES string of the molecule is C[C@H](NP(=O)(OC[C@@H]1C=CC(n2cnc3c(NC4CC4)nc(N)nc32)C1)Oc1ccccc1)C(=O)OCCCCC1CCCCC1. The van der Waals surface area contributed by atoms with E-state index in [1.165, 1.54) is 38.5 Å². The molecule has 1 aromatic carbocycles. The number of allylic oxidation sites excluding steroid dienone is 1. The molecule has 12 nitrogen and oxygen atoms in total. The molecule has 0 amide bonds. The van der Waals surface area contributed by atoms with Crippen molar-refractivity contribution in [1.82, 2.24) is 24.6 Å². The molecule has 3 aliphatic carbocycles. The maximum Gasteiger partial charge on any atom is 0.459 e. The number of anilines is 2. The number of rotatable bonds is 16. The maximum atomic E-state index is 14.0. The van der Waals surface area contributed by atoms with Crippen molar-refractivity contribution in [3.05, 3.63) is 48.8 Å². The third-order valence-electron chi connectivity index (χ3n) is 8.97. The first-order valence-electron chi connectivity index (χ1n) is 16.7. The summed E-state index contributed by atoms with van der Waals surface area (Å²) in [7, 11) is -3.96. The van der Waals surface area contributed by atoms with Gasteiger partial charge in [0.25, 0.3) is 0 Å². The zero-order chi connectivity index (χ0) is 31.9. The first-order chi connectivity index (χ1) is 22.3. The van der Waals surface area contributed by atoms with E-state index in [0.717, 1.165) is 31.6 Å². The number of nitrogens with two attached hydrogens (primary N) is 1. The van der Waals surface area contributed by atoms with E-state index in [1.807, 2.05) is 16.7 Å². The molecule has 0 radical (unpaired) electrons. The topological polar surface area (TPSA) is 156 Å². The number of imidazole rings is 1. The van der Waals surface area contributed by atoms with E-state index < -0.39 is 19.8 Å². The van der Waals surface area contributed by atoms with E-state index in [2.05, 4.69) is 31.4 Å². The van der Waals surface area contributed by atoms with E-state index in [-0.39, 0.29) is 24.5 Å². The summed E-state index contributed by atoms with van der Waals surface area (Å²) in [5, 5.41) is 6.21. The minimum atomic E-state index is -3.96. The monoisotopic (exact) mass is 651 g/mol. The largest absolute Gasteiger partial charge is 0.465 e. The number of aromatic nitrogens is 4. The molecule has 2 heterocycles. The number of benzene rings is 1. The van der Waals surface area contributed by atoms with Crippen molar-refractivity contribution >= 4 is 36.6 Å². The van der Waals surface area contributed by atoms with Crippen molar-refractivity contribution in [3.63, 3.8) is 0 Å². The van der Waals surface area contributed by atoms with Crippen molar-refractivity contribution in [1.29, 1.82) is 0 Å². The second-order valence-corrected chi connectivity index (χ2v) is 14.5. The number of nitrogen functional groups attached to an aromatic ring is 1. The Bertz CT molecular complexity index is 1540. The van der Waals surface area contributed by atoms with E-state index in [1.54, 1.807) is 37.5 Å². The lowest BCUT2D eigenvalue weighted by Gasteiger charge is -2.24. The lowest BCUT2D eigenvalue weighted by atomic mass is 9.86. The molecule has 0 spiro atoms. The Hall–Kier alpha value is -3.47. The zero-order valence-electron chi connectivity index (χ0n) is 26.6. The number of nitrogens with one attached hydrogen (secondary N) is 2. The van der Waals surface area contributed by atoms with Crippen LogP contribution < -0.4 is 20.7 Å². The van der Waals surface area contributed by atoms with E-state index >= 15 is 0 Å². The molecule has 6 rings (SSSR count). The Kier molecular flexibility index (Phi) is 10.6. The van der Waals surface area contributed by atoms with Gasteiger partial charge in [0.15, 0.2) is 17.0 Å². The number of hydrogen-bond acceptors (Lipinski definition) is 10. The molecule has 0 bridgehead atoms. The van der Waals surface area contributed by atoms with Crippen LogP contribution in [0.5, 0.6) is 5.75 Å². The number of nitrogens with zero attached hydrogens (tertiary/aromatic N) is 4. The molecular formula is C33H46N7O5P. The summed E-state index contributed by atoms with van der Waals surface area (Å²) in [6.45, 7) is 2.07. The fourth-order valence-electron chi connectivity index (χ4n) is 6.28. The summed E-state index contributed by atoms with van der Waals surface area (Å²) in [5.74, 6) is 1.48. The van der Waals surface area contributed by atoms with E-state index in [4.69, 9.17) is 19.5 Å². The Labute approximate surface area is 270 Å². The molecule has 0 aliphatic heterocycles. The number of esters is 1. The van der Waals surface area contributed by atoms with Gasteiger partial charge >= 0.3 is 13.7 Å². The lowest BCUT2D eigenvalue weighted by Crippen LogP contribution is -2.35. The highest BCUT2D eigenvalue weighted by molar-refractivity contribution is 7.52. The van der Waals surface area contributed by atoms with Crippen LogP contribution in [0.4, 0.5) is 11.8 Å². The molecular weight excluding hydrogens is 605 g/mol. The van der Waals surface area contributed by atoms with Gasteiger partial charge in [0.2, 0.25) is 5.95 Å². The summed E-state index contributed by atoms with van der Waals surface area (Å²) in [5.41, 5.74) is 7.38. The van der Waals surface area contributed by atoms with Gasteiger partial charge in [-0.05, 0) is 57.1 Å². The summed E-state index contributed by atoms with van der Waals surface area (Å²) in [6.07, 6.45) is 18.4. The Morgan fingerprint density at radius 2 is 1.89 bits per heavy atom. The van der Waals surface area contributed by atoms with Crippen LogP contribution in [0.15, 0.2) is 48.8 Å². The predicted molar refractivity (Wildman–Crippen MR) is 177 cm³/mol. The molecule has 248 valence electrons. The van der Waals surface area contributed by atoms with E-state index in [0.29, 0.717) is 41.8 Å². The summed E-state index contributed by atoms with van der Waals surface area (Å²) < 4.78 is 33.3. The molecule has 4 N–H and O–H groups in total. The van der Waals surface area contributed by atoms with Crippen LogP contribution in [0.1, 0.15) is 83.6 Å². The average Bonchev–Trinajstić information content (AvgIpc) is 3.56. The van der Waals surface area contributed by atoms with Crippen molar-refractivity contribution < 1.29 is 23.1 Å². The molecule has 0 saturated heterocycles. The molecule has 46 heavy (non-hydrogen) atoms. The summed E-state index contributed by atoms with van der Waals surface area (Å²) >= 11 is 0. The van der Waals surface area contributed by atoms with Crippen LogP contribution in [-0.2, 0) is 18.6 Å². The smallest absolute Gasteiger partial charge is 0.459 e. The highest BCUT2D eigenvalue weighted by atomic mass is 31.2. The molecule has 4 atom stereocenters. The molecule has 2 unspecified atom stereocenters. The Balaban J connectivity index is 1.03. The average molecular weight is 652 g/mol. The molecule has 2 saturated carbocycles. The Morgan fingerprint density at radius 3 is 2.67 bits per heavy atom. The number of carbonyl (C=O) groups excluding carboxylic acids is 1. The minimum Gasteiger partial charge on any atom is -0.465 e. The van der Waals surface area contributed by atoms with Crippen LogP contribution in [0.25, 0.3) is 11.2 Å². The third kappa shape index (κ3) is 8.66. The molecule has 13 heteroatoms. The van der Waals surface area contributed by atoms with Crippen LogP contribution >= 0.6 is 7.75 Å². The molecule has 2 aromatic heterocycles. The van der Waals surface area contributed by atoms with Crippen LogP contribution in [0.2, 0.25) is 0 Å². The first kappa shape index (κ1) is 32.5. The van der Waals surface area contributed by atoms with Gasteiger partial charge < -0.3 is 24.9 Å². The minimum absolute atomic E-state index is 0.0453. The number of carbonyl (C=O) groups is 1. The Morgan fingerprint density at radius 1 is 1.09 bits per heavy atom. The van der Waals surface area contributed by atoms with Crippen molar-refractivity contribution in [2.75, 3.05) is 24.3 Å². The summed E-state index contributed by atoms with van der Waals surface area (Å²) in [4.78, 5) is 26.2. The predicted octanol–water partition coefficient (Wildman–Crippen LogP) is 6.58. The molecule has 3 aliphatic rings. The quantitative estimate of drug-likeness (QED) is 0.0666. The van der Waals surface area contributed by atoms with Crippen molar-refractivity contribution in [2.24, 2.45) is 11.8 Å². The first-order valence-corrected chi connectivity index (χ1v) is 18.3. The number of hydrogen-bond donors (Lipinski definition) is 3. The van der Waals surface area contributed by atoms with Gasteiger partial charge in [0, 0.05) is 12.0 Å². The van der Waals surface area contributed by atoms with Gasteiger partial charge in [-0.1, -0.05) is 68.9 Å². The number of fused-ring (bicyclic) bond motifs is 1. The van der Waals surface area contributed by atoms with Gasteiger partial charge in [-0.3, -0.25) is 9.32 Å². The highest BCUT2D eigenvalue weighted by Crippen LogP contribution is 2.46. The fraction of sp³-hybridized carbons (Fsp3) is 0.576. The van der Waals surface area contributed by atoms with Crippen molar-refractivity contribution in [2.45, 2.75) is 95.7 Å². The standard InChI is InChI=1S/C33H46N7O5P/c1-23(32(41)43-19-9-8-12-24-10-4-2-5-11-24)39-46(42,45-28-13-6-3-7-14-28)44-21-25-15-18-27(20-25)40-22-35-29-30(36-26-16-17-26)37-33(34)38-31(29)40/h3,6-7,13-15,18,22-27H,2,4-5,8-12,16-17,19-21H2,1H3,(H,39,42)(H3,34,36,37,38)/t23-,25+,27?,46?/m0/s1. The van der Waals surface area contributed by atoms with Gasteiger partial charge in [-0.25, -0.2) is 9.55 Å². The number of ether oxygens (including phenoxy) is 1. The molecule has 3 aromatic rings. The van der Waals surface area contributed by atoms with Gasteiger partial charge in [-0.15, -0.1) is 0 Å². The highest BCUT2D eigenvalue weighted by Gasteiger charge is 2.34. The van der Waals surface area contributed by atoms with Crippen LogP contribution in [0, 0.1) is 11.8 Å². The second kappa shape index (κ2) is 15.0. The van der Waals surface area contributed by atoms with Gasteiger partial charge in [0.1, 0.15) is 11.8 Å². The maximum absolute atomic E-state index is 14.0. The number of unbranched alkanes of at least 4 members (excludes halogenated alkanes) is 1. The van der Waals surface area contributed by atoms with Crippen LogP contribution in [-0.4, -0.2) is 50.8 Å². The van der Waals surface area contributed by atoms with Gasteiger partial charge in [0.05, 0.1) is 25.6 Å². The number of para-hydroxylation sites is 1. The van der Waals surface area contributed by atoms with Crippen LogP contribution in [0.3, 0.4) is 0 Å². The van der Waals surface area contributed by atoms with Crippen molar-refractivity contribution in [3.8, 4) is 5.75 Å².